The highest BCUT2D eigenvalue weighted by molar-refractivity contribution is 5.89. The van der Waals surface area contributed by atoms with Crippen LogP contribution < -0.4 is 5.11 Å². The number of carboxylic acids is 1. The largest absolute Gasteiger partial charge is 0.545 e. The number of carbonyl (C=O) groups is 3. The van der Waals surface area contributed by atoms with Crippen molar-refractivity contribution in [1.29, 1.82) is 0 Å². The molecule has 0 fully saturated rings. The summed E-state index contributed by atoms with van der Waals surface area (Å²) in [5.74, 6) is -1.86. The Kier molecular flexibility index (Phi) is 10.4. The number of aliphatic carboxylic acids is 1. The van der Waals surface area contributed by atoms with Crippen LogP contribution in [0, 0.1) is 0 Å². The fourth-order valence-electron chi connectivity index (χ4n) is 2.04. The lowest BCUT2D eigenvalue weighted by Gasteiger charge is -2.26. The van der Waals surface area contributed by atoms with Crippen LogP contribution >= 0.6 is 0 Å². The summed E-state index contributed by atoms with van der Waals surface area (Å²) in [4.78, 5) is 34.1. The topological polar surface area (TPSA) is 104 Å². The van der Waals surface area contributed by atoms with Gasteiger partial charge in [-0.05, 0) is 31.8 Å². The summed E-state index contributed by atoms with van der Waals surface area (Å²) >= 11 is 0. The molecule has 0 radical (unpaired) electrons. The van der Waals surface area contributed by atoms with Crippen molar-refractivity contribution < 1.29 is 33.8 Å². The van der Waals surface area contributed by atoms with Crippen molar-refractivity contribution >= 4 is 18.0 Å². The first-order valence-corrected chi connectivity index (χ1v) is 8.51. The van der Waals surface area contributed by atoms with Crippen molar-refractivity contribution in [2.45, 2.75) is 46.0 Å². The van der Waals surface area contributed by atoms with E-state index in [1.54, 1.807) is 14.0 Å². The maximum Gasteiger partial charge on any atom is 0.513 e. The van der Waals surface area contributed by atoms with Gasteiger partial charge in [0.2, 0.25) is 0 Å². The maximum absolute atomic E-state index is 11.7. The molecule has 1 amide bonds. The second-order valence-corrected chi connectivity index (χ2v) is 6.14. The Balaban J connectivity index is 4.61. The van der Waals surface area contributed by atoms with Gasteiger partial charge in [-0.2, -0.15) is 4.79 Å². The Labute approximate surface area is 149 Å². The second kappa shape index (κ2) is 11.4. The minimum Gasteiger partial charge on any atom is -0.545 e. The van der Waals surface area contributed by atoms with Crippen LogP contribution in [0.2, 0.25) is 0 Å². The van der Waals surface area contributed by atoms with Gasteiger partial charge in [-0.15, -0.1) is 0 Å². The quantitative estimate of drug-likeness (QED) is 0.248. The smallest absolute Gasteiger partial charge is 0.513 e. The number of esters is 1. The van der Waals surface area contributed by atoms with E-state index < -0.39 is 18.0 Å². The fourth-order valence-corrected chi connectivity index (χ4v) is 2.04. The van der Waals surface area contributed by atoms with Crippen molar-refractivity contribution in [2.24, 2.45) is 0 Å². The van der Waals surface area contributed by atoms with E-state index in [0.29, 0.717) is 26.1 Å². The van der Waals surface area contributed by atoms with Crippen LogP contribution in [0.4, 0.5) is 4.79 Å². The Morgan fingerprint density at radius 2 is 1.88 bits per heavy atom. The molecule has 0 saturated heterocycles. The molecule has 1 N–H and O–H groups in total. The van der Waals surface area contributed by atoms with Crippen LogP contribution in [0.25, 0.3) is 0 Å². The number of rotatable bonds is 12. The van der Waals surface area contributed by atoms with Crippen molar-refractivity contribution in [3.8, 4) is 0 Å². The number of ether oxygens (including phenoxy) is 1. The number of hydrogen-bond acceptors (Lipinski definition) is 5. The van der Waals surface area contributed by atoms with Gasteiger partial charge < -0.3 is 19.7 Å². The molecular weight excluding hydrogens is 326 g/mol. The molecule has 7 heteroatoms. The van der Waals surface area contributed by atoms with Crippen LogP contribution in [0.1, 0.15) is 46.0 Å². The van der Waals surface area contributed by atoms with Gasteiger partial charge in [0, 0.05) is 12.0 Å². The van der Waals surface area contributed by atoms with Gasteiger partial charge in [-0.25, -0.2) is 9.28 Å². The summed E-state index contributed by atoms with van der Waals surface area (Å²) in [6, 6.07) is 0. The number of carboxylic acid groups (broad SMARTS) is 2. The molecule has 0 aromatic heterocycles. The zero-order chi connectivity index (χ0) is 19.5. The summed E-state index contributed by atoms with van der Waals surface area (Å²) in [5.41, 5.74) is 0.213. The molecular formula is C18H29NO6. The molecule has 0 bridgehead atoms. The van der Waals surface area contributed by atoms with E-state index in [2.05, 4.69) is 6.58 Å². The minimum absolute atomic E-state index is 0.0375. The average molecular weight is 355 g/mol. The summed E-state index contributed by atoms with van der Waals surface area (Å²) in [6.45, 7) is 8.36. The third kappa shape index (κ3) is 8.49. The molecule has 0 saturated carbocycles. The maximum atomic E-state index is 11.7. The first kappa shape index (κ1) is 22.9. The standard InChI is InChI=1S/C18H29NO6/c1-5-7-13-25-17(22)14(3)10-11-15(16(20)21)9-8-12-19(4,6-2)18(23)24/h11H,3,5-10,12-13H2,1-2,4H3,(H-,20,21,23,24). The van der Waals surface area contributed by atoms with E-state index in [1.165, 1.54) is 6.08 Å². The van der Waals surface area contributed by atoms with Crippen molar-refractivity contribution in [2.75, 3.05) is 26.7 Å². The van der Waals surface area contributed by atoms with Crippen LogP contribution in [0.3, 0.4) is 0 Å². The van der Waals surface area contributed by atoms with Gasteiger partial charge in [-0.3, -0.25) is 0 Å². The number of allylic oxidation sites excluding steroid dienone is 1. The first-order chi connectivity index (χ1) is 11.7. The van der Waals surface area contributed by atoms with E-state index >= 15 is 0 Å². The van der Waals surface area contributed by atoms with Gasteiger partial charge in [-0.1, -0.05) is 26.0 Å². The third-order valence-corrected chi connectivity index (χ3v) is 4.13. The molecule has 0 heterocycles. The van der Waals surface area contributed by atoms with Gasteiger partial charge in [0.1, 0.15) is 0 Å². The highest BCUT2D eigenvalue weighted by Gasteiger charge is 2.28. The Morgan fingerprint density at radius 1 is 1.24 bits per heavy atom. The second-order valence-electron chi connectivity index (χ2n) is 6.14. The number of nitrogens with zero attached hydrogens (tertiary/aromatic N) is 1. The molecule has 0 aromatic rings. The molecule has 7 nitrogen and oxygen atoms in total. The molecule has 25 heavy (non-hydrogen) atoms. The van der Waals surface area contributed by atoms with Crippen LogP contribution in [0.15, 0.2) is 23.8 Å². The summed E-state index contributed by atoms with van der Waals surface area (Å²) in [6.07, 6.45) is 2.70. The van der Waals surface area contributed by atoms with E-state index in [4.69, 9.17) is 4.74 Å². The Bertz CT molecular complexity index is 526. The van der Waals surface area contributed by atoms with Crippen molar-refractivity contribution in [3.63, 3.8) is 0 Å². The molecule has 0 spiro atoms. The van der Waals surface area contributed by atoms with E-state index in [9.17, 15) is 24.6 Å². The summed E-state index contributed by atoms with van der Waals surface area (Å²) in [7, 11) is 1.58. The molecule has 142 valence electrons. The number of hydrogen-bond donors (Lipinski definition) is 1. The van der Waals surface area contributed by atoms with Crippen LogP contribution in [-0.4, -0.2) is 54.4 Å². The number of carbonyl (C=O) groups excluding carboxylic acids is 2. The minimum atomic E-state index is -1.33. The number of quaternary nitrogens is 1. The molecule has 0 aliphatic rings. The summed E-state index contributed by atoms with van der Waals surface area (Å²) < 4.78 is 4.82. The Hall–Kier alpha value is -2.15. The summed E-state index contributed by atoms with van der Waals surface area (Å²) in [5, 5.41) is 20.4. The lowest BCUT2D eigenvalue weighted by Crippen LogP contribution is -2.48. The molecule has 1 atom stereocenters. The highest BCUT2D eigenvalue weighted by Crippen LogP contribution is 2.13. The lowest BCUT2D eigenvalue weighted by atomic mass is 10.1. The number of amides is 1. The predicted molar refractivity (Wildman–Crippen MR) is 91.6 cm³/mol. The average Bonchev–Trinajstić information content (AvgIpc) is 2.56. The molecule has 0 aliphatic heterocycles. The van der Waals surface area contributed by atoms with Crippen molar-refractivity contribution in [1.82, 2.24) is 0 Å². The van der Waals surface area contributed by atoms with Gasteiger partial charge in [0.15, 0.2) is 0 Å². The van der Waals surface area contributed by atoms with Crippen molar-refractivity contribution in [3.05, 3.63) is 23.8 Å². The molecule has 1 unspecified atom stereocenters. The fraction of sp³-hybridized carbons (Fsp3) is 0.611. The zero-order valence-corrected chi connectivity index (χ0v) is 15.4. The first-order valence-electron chi connectivity index (χ1n) is 8.51. The van der Waals surface area contributed by atoms with Crippen LogP contribution in [-0.2, 0) is 14.3 Å². The van der Waals surface area contributed by atoms with E-state index in [-0.39, 0.29) is 28.5 Å². The SMILES string of the molecule is C=C(CC=C(CCC[N+](C)(CC)C(=O)O)C(=O)[O-])C(=O)OCCCC. The zero-order valence-electron chi connectivity index (χ0n) is 15.4. The van der Waals surface area contributed by atoms with Gasteiger partial charge in [0.05, 0.1) is 32.7 Å². The molecule has 0 aliphatic carbocycles. The van der Waals surface area contributed by atoms with E-state index in [0.717, 1.165) is 12.8 Å². The number of unbranched alkanes of at least 4 members (excludes halogenated alkanes) is 1. The van der Waals surface area contributed by atoms with Gasteiger partial charge in [0.25, 0.3) is 0 Å². The predicted octanol–water partition coefficient (Wildman–Crippen LogP) is 1.88. The highest BCUT2D eigenvalue weighted by atomic mass is 16.5. The Morgan fingerprint density at radius 3 is 2.36 bits per heavy atom. The normalized spacial score (nSPS) is 13.8. The third-order valence-electron chi connectivity index (χ3n) is 4.13. The lowest BCUT2D eigenvalue weighted by molar-refractivity contribution is -0.835. The molecule has 0 aromatic carbocycles. The van der Waals surface area contributed by atoms with E-state index in [1.807, 2.05) is 6.92 Å². The van der Waals surface area contributed by atoms with Crippen LogP contribution in [0.5, 0.6) is 0 Å². The molecule has 0 rings (SSSR count). The monoisotopic (exact) mass is 355 g/mol. The van der Waals surface area contributed by atoms with Gasteiger partial charge >= 0.3 is 12.1 Å².